The van der Waals surface area contributed by atoms with Gasteiger partial charge in [-0.2, -0.15) is 0 Å². The highest BCUT2D eigenvalue weighted by atomic mass is 16.6. The SMILES string of the molecule is Cc1cccc(C)c1[C@@H](O)[C@@H](C)OC(N)=O. The summed E-state index contributed by atoms with van der Waals surface area (Å²) in [5.41, 5.74) is 7.63. The first kappa shape index (κ1) is 12.5. The molecule has 0 aliphatic heterocycles. The Balaban J connectivity index is 2.95. The summed E-state index contributed by atoms with van der Waals surface area (Å²) in [7, 11) is 0. The largest absolute Gasteiger partial charge is 0.444 e. The number of aliphatic hydroxyl groups excluding tert-OH is 1. The van der Waals surface area contributed by atoms with Gasteiger partial charge in [0.25, 0.3) is 0 Å². The molecule has 4 heteroatoms. The fourth-order valence-corrected chi connectivity index (χ4v) is 1.78. The van der Waals surface area contributed by atoms with Crippen LogP contribution in [0.1, 0.15) is 29.7 Å². The van der Waals surface area contributed by atoms with Crippen molar-refractivity contribution in [1.29, 1.82) is 0 Å². The van der Waals surface area contributed by atoms with Crippen LogP contribution in [0, 0.1) is 13.8 Å². The molecule has 0 aliphatic carbocycles. The van der Waals surface area contributed by atoms with Crippen LogP contribution in [0.15, 0.2) is 18.2 Å². The zero-order valence-electron chi connectivity index (χ0n) is 9.73. The Hall–Kier alpha value is -1.55. The van der Waals surface area contributed by atoms with Crippen molar-refractivity contribution in [3.8, 4) is 0 Å². The van der Waals surface area contributed by atoms with Gasteiger partial charge in [0.1, 0.15) is 12.2 Å². The monoisotopic (exact) mass is 223 g/mol. The van der Waals surface area contributed by atoms with Gasteiger partial charge >= 0.3 is 6.09 Å². The van der Waals surface area contributed by atoms with Crippen LogP contribution in [0.5, 0.6) is 0 Å². The van der Waals surface area contributed by atoms with Crippen LogP contribution in [-0.2, 0) is 4.74 Å². The highest BCUT2D eigenvalue weighted by Crippen LogP contribution is 2.25. The number of ether oxygens (including phenoxy) is 1. The first-order valence-electron chi connectivity index (χ1n) is 5.13. The van der Waals surface area contributed by atoms with E-state index in [-0.39, 0.29) is 0 Å². The fraction of sp³-hybridized carbons (Fsp3) is 0.417. The standard InChI is InChI=1S/C12H17NO3/c1-7-5-4-6-8(2)10(7)11(14)9(3)16-12(13)15/h4-6,9,11,14H,1-3H3,(H2,13,15)/t9-,11+/m1/s1. The van der Waals surface area contributed by atoms with Gasteiger partial charge in [-0.05, 0) is 37.5 Å². The van der Waals surface area contributed by atoms with E-state index in [1.165, 1.54) is 0 Å². The molecule has 0 aromatic heterocycles. The minimum Gasteiger partial charge on any atom is -0.444 e. The van der Waals surface area contributed by atoms with E-state index >= 15 is 0 Å². The third kappa shape index (κ3) is 2.73. The summed E-state index contributed by atoms with van der Waals surface area (Å²) in [6, 6.07) is 5.73. The van der Waals surface area contributed by atoms with Crippen molar-refractivity contribution < 1.29 is 14.6 Å². The van der Waals surface area contributed by atoms with Crippen molar-refractivity contribution in [2.24, 2.45) is 5.73 Å². The highest BCUT2D eigenvalue weighted by Gasteiger charge is 2.22. The first-order valence-corrected chi connectivity index (χ1v) is 5.13. The maximum atomic E-state index is 10.6. The second-order valence-electron chi connectivity index (χ2n) is 3.89. The van der Waals surface area contributed by atoms with Crippen LogP contribution in [0.3, 0.4) is 0 Å². The summed E-state index contributed by atoms with van der Waals surface area (Å²) in [6.45, 7) is 5.42. The van der Waals surface area contributed by atoms with Gasteiger partial charge in [-0.25, -0.2) is 4.79 Å². The van der Waals surface area contributed by atoms with Crippen molar-refractivity contribution in [2.75, 3.05) is 0 Å². The normalized spacial score (nSPS) is 14.2. The molecule has 1 rings (SSSR count). The summed E-state index contributed by atoms with van der Waals surface area (Å²) in [4.78, 5) is 10.6. The van der Waals surface area contributed by atoms with Crippen molar-refractivity contribution in [1.82, 2.24) is 0 Å². The predicted molar refractivity (Wildman–Crippen MR) is 61.0 cm³/mol. The van der Waals surface area contributed by atoms with Crippen LogP contribution in [0.4, 0.5) is 4.79 Å². The third-order valence-corrected chi connectivity index (χ3v) is 2.58. The fourth-order valence-electron chi connectivity index (χ4n) is 1.78. The lowest BCUT2D eigenvalue weighted by atomic mass is 9.95. The molecule has 16 heavy (non-hydrogen) atoms. The Labute approximate surface area is 95.0 Å². The average Bonchev–Trinajstić information content (AvgIpc) is 2.16. The lowest BCUT2D eigenvalue weighted by molar-refractivity contribution is 0.0151. The summed E-state index contributed by atoms with van der Waals surface area (Å²) < 4.78 is 4.77. The minimum absolute atomic E-state index is 0.655. The van der Waals surface area contributed by atoms with Gasteiger partial charge in [0.05, 0.1) is 0 Å². The molecule has 0 saturated heterocycles. The summed E-state index contributed by atoms with van der Waals surface area (Å²) >= 11 is 0. The molecule has 0 spiro atoms. The molecule has 0 aliphatic rings. The van der Waals surface area contributed by atoms with Gasteiger partial charge in [-0.15, -0.1) is 0 Å². The number of nitrogens with two attached hydrogens (primary N) is 1. The number of primary amides is 1. The molecule has 2 atom stereocenters. The Bertz CT molecular complexity index is 370. The van der Waals surface area contributed by atoms with Crippen molar-refractivity contribution in [2.45, 2.75) is 33.0 Å². The third-order valence-electron chi connectivity index (χ3n) is 2.58. The highest BCUT2D eigenvalue weighted by molar-refractivity contribution is 5.64. The quantitative estimate of drug-likeness (QED) is 0.821. The number of benzene rings is 1. The predicted octanol–water partition coefficient (Wildman–Crippen LogP) is 1.82. The van der Waals surface area contributed by atoms with E-state index in [0.29, 0.717) is 0 Å². The van der Waals surface area contributed by atoms with Gasteiger partial charge in [-0.3, -0.25) is 0 Å². The zero-order valence-corrected chi connectivity index (χ0v) is 9.73. The molecule has 0 radical (unpaired) electrons. The molecule has 0 bridgehead atoms. The van der Waals surface area contributed by atoms with Gasteiger partial charge in [0.15, 0.2) is 0 Å². The molecule has 0 saturated carbocycles. The number of hydrogen-bond donors (Lipinski definition) is 2. The van der Waals surface area contributed by atoms with Crippen molar-refractivity contribution in [3.05, 3.63) is 34.9 Å². The van der Waals surface area contributed by atoms with Crippen LogP contribution < -0.4 is 5.73 Å². The maximum absolute atomic E-state index is 10.6. The number of aliphatic hydroxyl groups is 1. The van der Waals surface area contributed by atoms with Crippen molar-refractivity contribution in [3.63, 3.8) is 0 Å². The molecule has 4 nitrogen and oxygen atoms in total. The summed E-state index contributed by atoms with van der Waals surface area (Å²) in [5, 5.41) is 10.1. The average molecular weight is 223 g/mol. The lowest BCUT2D eigenvalue weighted by Gasteiger charge is -2.22. The van der Waals surface area contributed by atoms with Crippen LogP contribution in [0.25, 0.3) is 0 Å². The molecule has 1 aromatic rings. The Morgan fingerprint density at radius 3 is 2.31 bits per heavy atom. The Kier molecular flexibility index (Phi) is 3.90. The van der Waals surface area contributed by atoms with Gasteiger partial charge in [0.2, 0.25) is 0 Å². The number of aryl methyl sites for hydroxylation is 2. The minimum atomic E-state index is -0.877. The molecule has 1 aromatic carbocycles. The zero-order chi connectivity index (χ0) is 12.3. The van der Waals surface area contributed by atoms with Gasteiger partial charge in [0, 0.05) is 0 Å². The summed E-state index contributed by atoms with van der Waals surface area (Å²) in [5.74, 6) is 0. The Morgan fingerprint density at radius 1 is 1.38 bits per heavy atom. The van der Waals surface area contributed by atoms with Crippen molar-refractivity contribution >= 4 is 6.09 Å². The molecule has 88 valence electrons. The molecular formula is C12H17NO3. The van der Waals surface area contributed by atoms with E-state index in [4.69, 9.17) is 10.5 Å². The van der Waals surface area contributed by atoms with E-state index in [1.807, 2.05) is 32.0 Å². The maximum Gasteiger partial charge on any atom is 0.404 e. The Morgan fingerprint density at radius 2 is 1.88 bits per heavy atom. The van der Waals surface area contributed by atoms with Gasteiger partial charge in [-0.1, -0.05) is 18.2 Å². The lowest BCUT2D eigenvalue weighted by Crippen LogP contribution is -2.26. The van der Waals surface area contributed by atoms with E-state index in [2.05, 4.69) is 0 Å². The van der Waals surface area contributed by atoms with E-state index in [1.54, 1.807) is 6.92 Å². The molecule has 0 heterocycles. The number of rotatable bonds is 3. The summed E-state index contributed by atoms with van der Waals surface area (Å²) in [6.07, 6.45) is -2.39. The molecule has 0 fully saturated rings. The molecular weight excluding hydrogens is 206 g/mol. The molecule has 0 unspecified atom stereocenters. The van der Waals surface area contributed by atoms with E-state index in [0.717, 1.165) is 16.7 Å². The number of carbonyl (C=O) groups is 1. The smallest absolute Gasteiger partial charge is 0.404 e. The number of carbonyl (C=O) groups excluding carboxylic acids is 1. The second kappa shape index (κ2) is 4.99. The second-order valence-corrected chi connectivity index (χ2v) is 3.89. The number of hydrogen-bond acceptors (Lipinski definition) is 3. The van der Waals surface area contributed by atoms with Gasteiger partial charge < -0.3 is 15.6 Å². The van der Waals surface area contributed by atoms with Crippen LogP contribution >= 0.6 is 0 Å². The van der Waals surface area contributed by atoms with Crippen LogP contribution in [0.2, 0.25) is 0 Å². The van der Waals surface area contributed by atoms with E-state index < -0.39 is 18.3 Å². The molecule has 1 amide bonds. The van der Waals surface area contributed by atoms with E-state index in [9.17, 15) is 9.90 Å². The molecule has 3 N–H and O–H groups in total. The topological polar surface area (TPSA) is 72.6 Å². The number of amides is 1. The van der Waals surface area contributed by atoms with Crippen LogP contribution in [-0.4, -0.2) is 17.3 Å². The first-order chi connectivity index (χ1) is 7.43.